The minimum atomic E-state index is -0.685. The highest BCUT2D eigenvalue weighted by molar-refractivity contribution is 5.95. The summed E-state index contributed by atoms with van der Waals surface area (Å²) in [4.78, 5) is 34.7. The predicted octanol–water partition coefficient (Wildman–Crippen LogP) is 2.87. The Morgan fingerprint density at radius 3 is 2.48 bits per heavy atom. The second-order valence-corrected chi connectivity index (χ2v) is 6.32. The third-order valence-corrected chi connectivity index (χ3v) is 4.16. The van der Waals surface area contributed by atoms with Crippen molar-refractivity contribution >= 4 is 23.3 Å². The van der Waals surface area contributed by atoms with E-state index in [1.807, 2.05) is 30.3 Å². The van der Waals surface area contributed by atoms with Crippen LogP contribution in [-0.2, 0) is 20.7 Å². The quantitative estimate of drug-likeness (QED) is 0.431. The fourth-order valence-electron chi connectivity index (χ4n) is 2.74. The van der Waals surface area contributed by atoms with Crippen molar-refractivity contribution in [2.24, 2.45) is 0 Å². The van der Waals surface area contributed by atoms with Gasteiger partial charge in [-0.15, -0.1) is 0 Å². The number of rotatable bonds is 7. The molecule has 0 radical (unpaired) electrons. The Morgan fingerprint density at radius 2 is 1.79 bits per heavy atom. The lowest BCUT2D eigenvalue weighted by molar-refractivity contribution is -0.384. The molecular formula is C20H20N2O7. The van der Waals surface area contributed by atoms with Crippen molar-refractivity contribution in [3.05, 3.63) is 58.1 Å². The molecule has 1 heterocycles. The molecule has 0 aliphatic carbocycles. The van der Waals surface area contributed by atoms with Gasteiger partial charge in [0.15, 0.2) is 18.1 Å². The Labute approximate surface area is 166 Å². The number of esters is 1. The number of nitrogens with zero attached hydrogens (tertiary/aromatic N) is 1. The number of fused-ring (bicyclic) bond motifs is 1. The summed E-state index contributed by atoms with van der Waals surface area (Å²) >= 11 is 0. The van der Waals surface area contributed by atoms with Gasteiger partial charge in [0.1, 0.15) is 5.69 Å². The molecule has 0 aromatic heterocycles. The van der Waals surface area contributed by atoms with Crippen molar-refractivity contribution in [1.29, 1.82) is 0 Å². The van der Waals surface area contributed by atoms with Gasteiger partial charge in [0.25, 0.3) is 11.6 Å². The number of hydrogen-bond donors (Lipinski definition) is 1. The van der Waals surface area contributed by atoms with Crippen LogP contribution in [0.5, 0.6) is 11.5 Å². The zero-order valence-electron chi connectivity index (χ0n) is 15.6. The number of hydrogen-bond acceptors (Lipinski definition) is 7. The summed E-state index contributed by atoms with van der Waals surface area (Å²) < 4.78 is 15.9. The van der Waals surface area contributed by atoms with E-state index in [1.54, 1.807) is 0 Å². The van der Waals surface area contributed by atoms with Gasteiger partial charge in [0.2, 0.25) is 0 Å². The first kappa shape index (κ1) is 20.1. The highest BCUT2D eigenvalue weighted by Crippen LogP contribution is 2.39. The molecule has 29 heavy (non-hydrogen) atoms. The first-order valence-electron chi connectivity index (χ1n) is 9.10. The summed E-state index contributed by atoms with van der Waals surface area (Å²) in [5, 5.41) is 13.7. The van der Waals surface area contributed by atoms with Crippen LogP contribution in [0.25, 0.3) is 0 Å². The van der Waals surface area contributed by atoms with Gasteiger partial charge in [-0.3, -0.25) is 19.7 Å². The molecule has 0 atom stereocenters. The van der Waals surface area contributed by atoms with E-state index in [-0.39, 0.29) is 23.5 Å². The Bertz CT molecular complexity index is 899. The van der Waals surface area contributed by atoms with Crippen molar-refractivity contribution in [2.45, 2.75) is 19.3 Å². The van der Waals surface area contributed by atoms with Crippen LogP contribution in [0.4, 0.5) is 11.4 Å². The Hall–Kier alpha value is -3.62. The van der Waals surface area contributed by atoms with Crippen LogP contribution in [0, 0.1) is 10.1 Å². The highest BCUT2D eigenvalue weighted by Gasteiger charge is 2.23. The smallest absolute Gasteiger partial charge is 0.306 e. The fourth-order valence-corrected chi connectivity index (χ4v) is 2.74. The van der Waals surface area contributed by atoms with Crippen LogP contribution in [-0.4, -0.2) is 36.6 Å². The van der Waals surface area contributed by atoms with Crippen LogP contribution >= 0.6 is 0 Å². The zero-order valence-corrected chi connectivity index (χ0v) is 15.6. The van der Waals surface area contributed by atoms with E-state index >= 15 is 0 Å². The Balaban J connectivity index is 1.57. The maximum atomic E-state index is 12.1. The number of amides is 1. The average Bonchev–Trinajstić information content (AvgIpc) is 2.95. The topological polar surface area (TPSA) is 117 Å². The molecule has 1 aliphatic rings. The number of carbonyl (C=O) groups excluding carboxylic acids is 2. The molecule has 1 aliphatic heterocycles. The summed E-state index contributed by atoms with van der Waals surface area (Å²) in [6.45, 7) is 0.241. The highest BCUT2D eigenvalue weighted by atomic mass is 16.6. The second-order valence-electron chi connectivity index (χ2n) is 6.32. The summed E-state index contributed by atoms with van der Waals surface area (Å²) in [6, 6.07) is 12.0. The number of aryl methyl sites for hydroxylation is 1. The molecule has 0 spiro atoms. The summed E-state index contributed by atoms with van der Waals surface area (Å²) in [6.07, 6.45) is 1.26. The number of benzene rings is 2. The number of ether oxygens (including phenoxy) is 3. The molecule has 9 nitrogen and oxygen atoms in total. The largest absolute Gasteiger partial charge is 0.489 e. The molecule has 1 N–H and O–H groups in total. The normalized spacial score (nSPS) is 12.6. The molecule has 0 saturated carbocycles. The molecular weight excluding hydrogens is 380 g/mol. The zero-order chi connectivity index (χ0) is 20.6. The number of nitrogens with one attached hydrogen (secondary N) is 1. The fraction of sp³-hybridized carbons (Fsp3) is 0.300. The van der Waals surface area contributed by atoms with Crippen LogP contribution in [0.2, 0.25) is 0 Å². The van der Waals surface area contributed by atoms with Gasteiger partial charge in [-0.25, -0.2) is 0 Å². The second kappa shape index (κ2) is 9.54. The number of nitro groups is 1. The standard InChI is InChI=1S/C20H20N2O7/c23-19(13-29-20(24)8-7-14-5-2-1-3-6-14)21-15-11-17-18(12-16(15)22(25)26)28-10-4-9-27-17/h1-3,5-6,11-12H,4,7-10,13H2,(H,21,23). The lowest BCUT2D eigenvalue weighted by atomic mass is 10.1. The number of carbonyl (C=O) groups is 2. The third kappa shape index (κ3) is 5.68. The molecule has 0 unspecified atom stereocenters. The van der Waals surface area contributed by atoms with Gasteiger partial charge in [-0.1, -0.05) is 30.3 Å². The van der Waals surface area contributed by atoms with Crippen molar-refractivity contribution in [3.8, 4) is 11.5 Å². The summed E-state index contributed by atoms with van der Waals surface area (Å²) in [7, 11) is 0. The molecule has 9 heteroatoms. The number of nitro benzene ring substituents is 1. The van der Waals surface area contributed by atoms with E-state index in [2.05, 4.69) is 5.32 Å². The molecule has 0 bridgehead atoms. The van der Waals surface area contributed by atoms with E-state index < -0.39 is 23.4 Å². The van der Waals surface area contributed by atoms with Crippen molar-refractivity contribution < 1.29 is 28.7 Å². The van der Waals surface area contributed by atoms with E-state index in [4.69, 9.17) is 14.2 Å². The van der Waals surface area contributed by atoms with Crippen molar-refractivity contribution in [2.75, 3.05) is 25.1 Å². The van der Waals surface area contributed by atoms with Gasteiger partial charge in [0.05, 0.1) is 24.2 Å². The minimum absolute atomic E-state index is 0.0513. The lowest BCUT2D eigenvalue weighted by Gasteiger charge is -2.11. The Morgan fingerprint density at radius 1 is 1.10 bits per heavy atom. The monoisotopic (exact) mass is 400 g/mol. The Kier molecular flexibility index (Phi) is 6.62. The van der Waals surface area contributed by atoms with Crippen molar-refractivity contribution in [3.63, 3.8) is 0 Å². The first-order valence-corrected chi connectivity index (χ1v) is 9.10. The van der Waals surface area contributed by atoms with Crippen LogP contribution in [0.15, 0.2) is 42.5 Å². The molecule has 1 amide bonds. The lowest BCUT2D eigenvalue weighted by Crippen LogP contribution is -2.21. The van der Waals surface area contributed by atoms with Gasteiger partial charge in [-0.2, -0.15) is 0 Å². The van der Waals surface area contributed by atoms with Gasteiger partial charge >= 0.3 is 5.97 Å². The van der Waals surface area contributed by atoms with E-state index in [1.165, 1.54) is 12.1 Å². The van der Waals surface area contributed by atoms with E-state index in [9.17, 15) is 19.7 Å². The number of anilines is 1. The molecule has 2 aromatic carbocycles. The first-order chi connectivity index (χ1) is 14.0. The minimum Gasteiger partial charge on any atom is -0.489 e. The summed E-state index contributed by atoms with van der Waals surface area (Å²) in [5.74, 6) is -0.657. The maximum Gasteiger partial charge on any atom is 0.306 e. The third-order valence-electron chi connectivity index (χ3n) is 4.16. The SMILES string of the molecule is O=C(COC(=O)CCc1ccccc1)Nc1cc2c(cc1[N+](=O)[O-])OCCCO2. The van der Waals surface area contributed by atoms with Gasteiger partial charge in [-0.05, 0) is 12.0 Å². The molecule has 0 fully saturated rings. The average molecular weight is 400 g/mol. The van der Waals surface area contributed by atoms with Crippen LogP contribution in [0.3, 0.4) is 0 Å². The molecule has 3 rings (SSSR count). The van der Waals surface area contributed by atoms with E-state index in [0.717, 1.165) is 5.56 Å². The van der Waals surface area contributed by atoms with E-state index in [0.29, 0.717) is 31.8 Å². The van der Waals surface area contributed by atoms with Gasteiger partial charge < -0.3 is 19.5 Å². The predicted molar refractivity (Wildman–Crippen MR) is 103 cm³/mol. The molecule has 2 aromatic rings. The van der Waals surface area contributed by atoms with Crippen LogP contribution < -0.4 is 14.8 Å². The molecule has 152 valence electrons. The maximum absolute atomic E-state index is 12.1. The summed E-state index contributed by atoms with van der Waals surface area (Å²) in [5.41, 5.74) is 0.597. The van der Waals surface area contributed by atoms with Crippen LogP contribution in [0.1, 0.15) is 18.4 Å². The van der Waals surface area contributed by atoms with Gasteiger partial charge in [0, 0.05) is 18.9 Å². The molecule has 0 saturated heterocycles. The van der Waals surface area contributed by atoms with Crippen molar-refractivity contribution in [1.82, 2.24) is 0 Å².